The Morgan fingerprint density at radius 2 is 1.47 bits per heavy atom. The molecule has 0 aliphatic heterocycles. The first-order chi connectivity index (χ1) is 8.95. The second-order valence-electron chi connectivity index (χ2n) is 4.17. The average Bonchev–Trinajstić information content (AvgIpc) is 2.32. The Bertz CT molecular complexity index is 578. The summed E-state index contributed by atoms with van der Waals surface area (Å²) in [5.41, 5.74) is 1.56. The number of hydrogen-bond acceptors (Lipinski definition) is 1. The number of aliphatic hydroxyl groups is 1. The highest BCUT2D eigenvalue weighted by Gasteiger charge is 2.11. The predicted molar refractivity (Wildman–Crippen MR) is 81.6 cm³/mol. The van der Waals surface area contributed by atoms with Crippen LogP contribution in [0.25, 0.3) is 0 Å². The van der Waals surface area contributed by atoms with Crippen LogP contribution < -0.4 is 0 Å². The van der Waals surface area contributed by atoms with Gasteiger partial charge in [0.15, 0.2) is 0 Å². The van der Waals surface area contributed by atoms with Crippen molar-refractivity contribution in [2.24, 2.45) is 0 Å². The summed E-state index contributed by atoms with van der Waals surface area (Å²) in [6.07, 6.45) is -0.290. The van der Waals surface area contributed by atoms with E-state index in [0.717, 1.165) is 5.56 Å². The van der Waals surface area contributed by atoms with Gasteiger partial charge in [0.25, 0.3) is 0 Å². The monoisotopic (exact) mass is 334 g/mol. The molecule has 2 rings (SSSR count). The Morgan fingerprint density at radius 3 is 2.05 bits per heavy atom. The summed E-state index contributed by atoms with van der Waals surface area (Å²) in [4.78, 5) is 0. The van der Waals surface area contributed by atoms with Gasteiger partial charge in [0, 0.05) is 16.5 Å². The molecule has 0 radical (unpaired) electrons. The SMILES string of the molecule is OC(Cc1ccc(Cl)c(Cl)c1)c1cc(Cl)cc(Cl)c1. The molecule has 0 heterocycles. The summed E-state index contributed by atoms with van der Waals surface area (Å²) in [5, 5.41) is 12.1. The maximum atomic E-state index is 10.2. The van der Waals surface area contributed by atoms with Gasteiger partial charge in [-0.3, -0.25) is 0 Å². The lowest BCUT2D eigenvalue weighted by Gasteiger charge is -2.12. The van der Waals surface area contributed by atoms with Gasteiger partial charge in [0.1, 0.15) is 0 Å². The van der Waals surface area contributed by atoms with Crippen LogP contribution in [0.3, 0.4) is 0 Å². The molecule has 0 aromatic heterocycles. The van der Waals surface area contributed by atoms with Gasteiger partial charge in [-0.1, -0.05) is 52.5 Å². The highest BCUT2D eigenvalue weighted by molar-refractivity contribution is 6.42. The molecule has 2 aromatic rings. The summed E-state index contributed by atoms with van der Waals surface area (Å²) >= 11 is 23.6. The molecule has 0 saturated carbocycles. The van der Waals surface area contributed by atoms with E-state index in [1.807, 2.05) is 6.07 Å². The van der Waals surface area contributed by atoms with Crippen molar-refractivity contribution in [2.75, 3.05) is 0 Å². The first-order valence-corrected chi connectivity index (χ1v) is 7.05. The smallest absolute Gasteiger partial charge is 0.0831 e. The Hall–Kier alpha value is -0.440. The van der Waals surface area contributed by atoms with Gasteiger partial charge in [-0.05, 0) is 41.5 Å². The summed E-state index contributed by atoms with van der Waals surface area (Å²) in [7, 11) is 0. The molecule has 19 heavy (non-hydrogen) atoms. The van der Waals surface area contributed by atoms with E-state index in [2.05, 4.69) is 0 Å². The first-order valence-electron chi connectivity index (χ1n) is 5.53. The van der Waals surface area contributed by atoms with Crippen LogP contribution in [0.1, 0.15) is 17.2 Å². The van der Waals surface area contributed by atoms with E-state index < -0.39 is 6.10 Å². The molecule has 0 aliphatic carbocycles. The van der Waals surface area contributed by atoms with Crippen LogP contribution in [-0.2, 0) is 6.42 Å². The van der Waals surface area contributed by atoms with Crippen molar-refractivity contribution in [3.05, 3.63) is 67.6 Å². The largest absolute Gasteiger partial charge is 0.388 e. The fraction of sp³-hybridized carbons (Fsp3) is 0.143. The lowest BCUT2D eigenvalue weighted by Crippen LogP contribution is -2.02. The molecule has 0 aliphatic rings. The number of rotatable bonds is 3. The molecular weight excluding hydrogens is 326 g/mol. The fourth-order valence-electron chi connectivity index (χ4n) is 1.78. The summed E-state index contributed by atoms with van der Waals surface area (Å²) < 4.78 is 0. The van der Waals surface area contributed by atoms with Gasteiger partial charge in [0.2, 0.25) is 0 Å². The van der Waals surface area contributed by atoms with E-state index in [0.29, 0.717) is 32.1 Å². The minimum absolute atomic E-state index is 0.410. The zero-order valence-corrected chi connectivity index (χ0v) is 12.7. The minimum Gasteiger partial charge on any atom is -0.388 e. The van der Waals surface area contributed by atoms with Crippen molar-refractivity contribution in [1.82, 2.24) is 0 Å². The van der Waals surface area contributed by atoms with Crippen molar-refractivity contribution < 1.29 is 5.11 Å². The van der Waals surface area contributed by atoms with Crippen LogP contribution in [-0.4, -0.2) is 5.11 Å². The maximum Gasteiger partial charge on any atom is 0.0831 e. The standard InChI is InChI=1S/C14H10Cl4O/c15-10-5-9(6-11(16)7-10)14(19)4-8-1-2-12(17)13(18)3-8/h1-3,5-7,14,19H,4H2. The normalized spacial score (nSPS) is 12.5. The van der Waals surface area contributed by atoms with Crippen molar-refractivity contribution >= 4 is 46.4 Å². The topological polar surface area (TPSA) is 20.2 Å². The third kappa shape index (κ3) is 4.01. The predicted octanol–water partition coefficient (Wildman–Crippen LogP) is 5.58. The Kier molecular flexibility index (Phi) is 4.99. The molecule has 1 nitrogen and oxygen atoms in total. The quantitative estimate of drug-likeness (QED) is 0.776. The van der Waals surface area contributed by atoms with Crippen LogP contribution in [0.5, 0.6) is 0 Å². The lowest BCUT2D eigenvalue weighted by atomic mass is 10.0. The van der Waals surface area contributed by atoms with Crippen LogP contribution in [0.4, 0.5) is 0 Å². The molecule has 0 amide bonds. The van der Waals surface area contributed by atoms with Crippen molar-refractivity contribution in [3.8, 4) is 0 Å². The average molecular weight is 336 g/mol. The molecule has 0 bridgehead atoms. The Morgan fingerprint density at radius 1 is 0.842 bits per heavy atom. The van der Waals surface area contributed by atoms with E-state index in [1.165, 1.54) is 0 Å². The molecule has 0 fully saturated rings. The van der Waals surface area contributed by atoms with Gasteiger partial charge in [0.05, 0.1) is 16.1 Å². The van der Waals surface area contributed by atoms with Gasteiger partial charge in [-0.2, -0.15) is 0 Å². The molecular formula is C14H10Cl4O. The molecule has 5 heteroatoms. The maximum absolute atomic E-state index is 10.2. The zero-order chi connectivity index (χ0) is 14.0. The third-order valence-electron chi connectivity index (χ3n) is 2.68. The van der Waals surface area contributed by atoms with Crippen molar-refractivity contribution in [3.63, 3.8) is 0 Å². The highest BCUT2D eigenvalue weighted by atomic mass is 35.5. The highest BCUT2D eigenvalue weighted by Crippen LogP contribution is 2.28. The van der Waals surface area contributed by atoms with Gasteiger partial charge < -0.3 is 5.11 Å². The molecule has 1 N–H and O–H groups in total. The zero-order valence-electron chi connectivity index (χ0n) is 9.71. The first kappa shape index (κ1) is 15.0. The number of aliphatic hydroxyl groups excluding tert-OH is 1. The van der Waals surface area contributed by atoms with E-state index >= 15 is 0 Å². The van der Waals surface area contributed by atoms with Crippen molar-refractivity contribution in [2.45, 2.75) is 12.5 Å². The third-order valence-corrected chi connectivity index (χ3v) is 3.86. The van der Waals surface area contributed by atoms with Gasteiger partial charge in [-0.25, -0.2) is 0 Å². The lowest BCUT2D eigenvalue weighted by molar-refractivity contribution is 0.178. The molecule has 1 unspecified atom stereocenters. The second-order valence-corrected chi connectivity index (χ2v) is 5.86. The van der Waals surface area contributed by atoms with E-state index in [-0.39, 0.29) is 0 Å². The number of halogens is 4. The summed E-state index contributed by atoms with van der Waals surface area (Å²) in [6.45, 7) is 0. The van der Waals surface area contributed by atoms with E-state index in [9.17, 15) is 5.11 Å². The van der Waals surface area contributed by atoms with E-state index in [4.69, 9.17) is 46.4 Å². The molecule has 100 valence electrons. The molecule has 0 spiro atoms. The van der Waals surface area contributed by atoms with Crippen LogP contribution in [0.15, 0.2) is 36.4 Å². The minimum atomic E-state index is -0.701. The molecule has 2 aromatic carbocycles. The van der Waals surface area contributed by atoms with Gasteiger partial charge in [-0.15, -0.1) is 0 Å². The molecule has 1 atom stereocenters. The summed E-state index contributed by atoms with van der Waals surface area (Å²) in [5.74, 6) is 0. The van der Waals surface area contributed by atoms with E-state index in [1.54, 1.807) is 30.3 Å². The van der Waals surface area contributed by atoms with Crippen molar-refractivity contribution in [1.29, 1.82) is 0 Å². The fourth-order valence-corrected chi connectivity index (χ4v) is 2.64. The van der Waals surface area contributed by atoms with Crippen LogP contribution >= 0.6 is 46.4 Å². The number of benzene rings is 2. The second kappa shape index (κ2) is 6.34. The Balaban J connectivity index is 2.20. The van der Waals surface area contributed by atoms with Crippen LogP contribution in [0.2, 0.25) is 20.1 Å². The van der Waals surface area contributed by atoms with Gasteiger partial charge >= 0.3 is 0 Å². The Labute approximate surface area is 131 Å². The molecule has 0 saturated heterocycles. The summed E-state index contributed by atoms with van der Waals surface area (Å²) in [6, 6.07) is 10.3. The van der Waals surface area contributed by atoms with Crippen LogP contribution in [0, 0.1) is 0 Å². The number of hydrogen-bond donors (Lipinski definition) is 1.